The fourth-order valence-corrected chi connectivity index (χ4v) is 1.99. The number of ether oxygens (including phenoxy) is 2. The molecule has 1 heterocycles. The van der Waals surface area contributed by atoms with Gasteiger partial charge in [-0.1, -0.05) is 15.9 Å². The minimum atomic E-state index is 0.560. The normalized spacial score (nSPS) is 10.3. The molecule has 0 unspecified atom stereocenters. The summed E-state index contributed by atoms with van der Waals surface area (Å²) >= 11 is 3.44. The number of hydrogen-bond acceptors (Lipinski definition) is 3. The molecular weight excluding hydrogens is 246 g/mol. The van der Waals surface area contributed by atoms with E-state index in [2.05, 4.69) is 20.9 Å². The molecule has 0 aliphatic heterocycles. The maximum atomic E-state index is 5.31. The molecule has 3 nitrogen and oxygen atoms in total. The van der Waals surface area contributed by atoms with Gasteiger partial charge in [-0.15, -0.1) is 0 Å². The molecule has 1 rings (SSSR count). The summed E-state index contributed by atoms with van der Waals surface area (Å²) < 4.78 is 10.4. The number of halogens is 1. The predicted octanol–water partition coefficient (Wildman–Crippen LogP) is 2.44. The topological polar surface area (TPSA) is 31.4 Å². The van der Waals surface area contributed by atoms with E-state index in [1.165, 1.54) is 0 Å². The maximum Gasteiger partial charge on any atom is 0.144 e. The van der Waals surface area contributed by atoms with Crippen LogP contribution in [0.4, 0.5) is 0 Å². The third kappa shape index (κ3) is 2.25. The Kier molecular flexibility index (Phi) is 4.35. The Morgan fingerprint density at radius 1 is 1.43 bits per heavy atom. The van der Waals surface area contributed by atoms with Crippen LogP contribution in [0, 0.1) is 6.92 Å². The van der Waals surface area contributed by atoms with Crippen molar-refractivity contribution in [2.75, 3.05) is 14.2 Å². The average molecular weight is 260 g/mol. The molecule has 0 N–H and O–H groups in total. The van der Waals surface area contributed by atoms with Gasteiger partial charge in [0.1, 0.15) is 5.75 Å². The molecule has 0 aliphatic rings. The molecular formula is C10H14BrNO2. The highest BCUT2D eigenvalue weighted by atomic mass is 79.9. The Balaban J connectivity index is 3.18. The molecule has 0 amide bonds. The van der Waals surface area contributed by atoms with Gasteiger partial charge in [0, 0.05) is 29.8 Å². The summed E-state index contributed by atoms with van der Waals surface area (Å²) in [6.07, 6.45) is 1.83. The minimum Gasteiger partial charge on any atom is -0.495 e. The van der Waals surface area contributed by atoms with E-state index in [1.807, 2.05) is 13.1 Å². The molecule has 0 aliphatic carbocycles. The second kappa shape index (κ2) is 5.32. The van der Waals surface area contributed by atoms with Gasteiger partial charge in [0.15, 0.2) is 0 Å². The molecule has 0 saturated heterocycles. The van der Waals surface area contributed by atoms with Crippen molar-refractivity contribution in [2.45, 2.75) is 18.9 Å². The molecule has 1 aromatic heterocycles. The summed E-state index contributed by atoms with van der Waals surface area (Å²) in [5.41, 5.74) is 3.08. The summed E-state index contributed by atoms with van der Waals surface area (Å²) in [6, 6.07) is 0. The van der Waals surface area contributed by atoms with Gasteiger partial charge in [-0.3, -0.25) is 4.98 Å². The number of methoxy groups -OCH3 is 2. The van der Waals surface area contributed by atoms with Crippen molar-refractivity contribution < 1.29 is 9.47 Å². The second-order valence-electron chi connectivity index (χ2n) is 2.95. The smallest absolute Gasteiger partial charge is 0.144 e. The van der Waals surface area contributed by atoms with Crippen LogP contribution in [0.3, 0.4) is 0 Å². The SMILES string of the molecule is COCc1cnc(C)c(OC)c1CBr. The molecule has 0 bridgehead atoms. The van der Waals surface area contributed by atoms with Crippen LogP contribution in [0.25, 0.3) is 0 Å². The Labute approximate surface area is 92.6 Å². The first-order valence-corrected chi connectivity index (χ1v) is 5.43. The number of pyridine rings is 1. The van der Waals surface area contributed by atoms with Gasteiger partial charge in [0.2, 0.25) is 0 Å². The Bertz CT molecular complexity index is 315. The maximum absolute atomic E-state index is 5.31. The van der Waals surface area contributed by atoms with E-state index in [9.17, 15) is 0 Å². The first-order valence-electron chi connectivity index (χ1n) is 4.30. The van der Waals surface area contributed by atoms with Crippen LogP contribution in [-0.4, -0.2) is 19.2 Å². The number of aromatic nitrogens is 1. The number of nitrogens with zero attached hydrogens (tertiary/aromatic N) is 1. The first-order chi connectivity index (χ1) is 6.74. The lowest BCUT2D eigenvalue weighted by Crippen LogP contribution is -2.01. The third-order valence-corrected chi connectivity index (χ3v) is 2.60. The van der Waals surface area contributed by atoms with Crippen LogP contribution in [0.15, 0.2) is 6.20 Å². The lowest BCUT2D eigenvalue weighted by atomic mass is 10.1. The lowest BCUT2D eigenvalue weighted by molar-refractivity contribution is 0.183. The zero-order valence-electron chi connectivity index (χ0n) is 8.63. The van der Waals surface area contributed by atoms with Gasteiger partial charge in [0.05, 0.1) is 19.4 Å². The van der Waals surface area contributed by atoms with Crippen LogP contribution in [0.5, 0.6) is 5.75 Å². The monoisotopic (exact) mass is 259 g/mol. The zero-order chi connectivity index (χ0) is 10.6. The summed E-state index contributed by atoms with van der Waals surface area (Å²) in [4.78, 5) is 4.25. The fourth-order valence-electron chi connectivity index (χ4n) is 1.37. The van der Waals surface area contributed by atoms with Gasteiger partial charge < -0.3 is 9.47 Å². The van der Waals surface area contributed by atoms with Crippen LogP contribution < -0.4 is 4.74 Å². The van der Waals surface area contributed by atoms with Crippen molar-refractivity contribution in [1.82, 2.24) is 4.98 Å². The summed E-state index contributed by atoms with van der Waals surface area (Å²) in [7, 11) is 3.33. The van der Waals surface area contributed by atoms with Crippen molar-refractivity contribution in [3.8, 4) is 5.75 Å². The summed E-state index contributed by atoms with van der Waals surface area (Å²) in [5.74, 6) is 0.844. The molecule has 1 aromatic rings. The highest BCUT2D eigenvalue weighted by Gasteiger charge is 2.11. The molecule has 0 aromatic carbocycles. The number of aryl methyl sites for hydroxylation is 1. The number of hydrogen-bond donors (Lipinski definition) is 0. The van der Waals surface area contributed by atoms with Gasteiger partial charge in [-0.2, -0.15) is 0 Å². The van der Waals surface area contributed by atoms with E-state index in [1.54, 1.807) is 14.2 Å². The molecule has 0 spiro atoms. The van der Waals surface area contributed by atoms with Gasteiger partial charge >= 0.3 is 0 Å². The van der Waals surface area contributed by atoms with Crippen LogP contribution in [0.1, 0.15) is 16.8 Å². The van der Waals surface area contributed by atoms with Crippen molar-refractivity contribution in [3.63, 3.8) is 0 Å². The lowest BCUT2D eigenvalue weighted by Gasteiger charge is -2.12. The second-order valence-corrected chi connectivity index (χ2v) is 3.51. The molecule has 0 saturated carbocycles. The average Bonchev–Trinajstić information content (AvgIpc) is 2.20. The van der Waals surface area contributed by atoms with Crippen LogP contribution in [0.2, 0.25) is 0 Å². The third-order valence-electron chi connectivity index (χ3n) is 2.04. The summed E-state index contributed by atoms with van der Waals surface area (Å²) in [5, 5.41) is 0.748. The number of alkyl halides is 1. The van der Waals surface area contributed by atoms with Crippen LogP contribution >= 0.6 is 15.9 Å². The standard InChI is InChI=1S/C10H14BrNO2/c1-7-10(14-3)9(4-11)8(5-12-7)6-13-2/h5H,4,6H2,1-3H3. The Morgan fingerprint density at radius 2 is 2.14 bits per heavy atom. The molecule has 0 fully saturated rings. The van der Waals surface area contributed by atoms with E-state index in [-0.39, 0.29) is 0 Å². The largest absolute Gasteiger partial charge is 0.495 e. The van der Waals surface area contributed by atoms with Crippen LogP contribution in [-0.2, 0) is 16.7 Å². The Hall–Kier alpha value is -0.610. The molecule has 0 atom stereocenters. The minimum absolute atomic E-state index is 0.560. The Morgan fingerprint density at radius 3 is 2.64 bits per heavy atom. The molecule has 0 radical (unpaired) electrons. The highest BCUT2D eigenvalue weighted by Crippen LogP contribution is 2.27. The van der Waals surface area contributed by atoms with Gasteiger partial charge in [0.25, 0.3) is 0 Å². The van der Waals surface area contributed by atoms with Crippen molar-refractivity contribution in [3.05, 3.63) is 23.0 Å². The number of rotatable bonds is 4. The fraction of sp³-hybridized carbons (Fsp3) is 0.500. The molecule has 4 heteroatoms. The predicted molar refractivity (Wildman–Crippen MR) is 58.9 cm³/mol. The van der Waals surface area contributed by atoms with Crippen molar-refractivity contribution in [1.29, 1.82) is 0 Å². The van der Waals surface area contributed by atoms with E-state index in [4.69, 9.17) is 9.47 Å². The van der Waals surface area contributed by atoms with Crippen molar-refractivity contribution >= 4 is 15.9 Å². The quantitative estimate of drug-likeness (QED) is 0.779. The summed E-state index contributed by atoms with van der Waals surface area (Å²) in [6.45, 7) is 2.49. The van der Waals surface area contributed by atoms with E-state index in [0.717, 1.165) is 27.9 Å². The van der Waals surface area contributed by atoms with Crippen molar-refractivity contribution in [2.24, 2.45) is 0 Å². The zero-order valence-corrected chi connectivity index (χ0v) is 10.2. The van der Waals surface area contributed by atoms with E-state index < -0.39 is 0 Å². The van der Waals surface area contributed by atoms with Gasteiger partial charge in [-0.25, -0.2) is 0 Å². The van der Waals surface area contributed by atoms with E-state index in [0.29, 0.717) is 6.61 Å². The van der Waals surface area contributed by atoms with E-state index >= 15 is 0 Å². The molecule has 14 heavy (non-hydrogen) atoms. The van der Waals surface area contributed by atoms with Gasteiger partial charge in [-0.05, 0) is 6.92 Å². The highest BCUT2D eigenvalue weighted by molar-refractivity contribution is 9.08. The molecule has 78 valence electrons. The first kappa shape index (κ1) is 11.5.